The molecule has 1 amide bonds. The molecule has 0 bridgehead atoms. The van der Waals surface area contributed by atoms with E-state index < -0.39 is 0 Å². The minimum Gasteiger partial charge on any atom is -0.361 e. The van der Waals surface area contributed by atoms with Crippen molar-refractivity contribution in [1.82, 2.24) is 10.3 Å². The smallest absolute Gasteiger partial charge is 0.238 e. The van der Waals surface area contributed by atoms with Crippen LogP contribution in [0.15, 0.2) is 59.2 Å². The van der Waals surface area contributed by atoms with Crippen LogP contribution >= 0.6 is 15.9 Å². The topological polar surface area (TPSA) is 56.9 Å². The lowest BCUT2D eigenvalue weighted by Crippen LogP contribution is -2.29. The molecule has 0 atom stereocenters. The Labute approximate surface area is 143 Å². The fraction of sp³-hybridized carbons (Fsp3) is 0.167. The van der Waals surface area contributed by atoms with Gasteiger partial charge in [-0.2, -0.15) is 0 Å². The molecule has 1 heterocycles. The van der Waals surface area contributed by atoms with Crippen LogP contribution in [0.25, 0.3) is 10.9 Å². The summed E-state index contributed by atoms with van der Waals surface area (Å²) in [6.07, 6.45) is 2.92. The lowest BCUT2D eigenvalue weighted by Gasteiger charge is -2.07. The average molecular weight is 372 g/mol. The van der Waals surface area contributed by atoms with E-state index in [-0.39, 0.29) is 5.91 Å². The number of carbonyl (C=O) groups excluding carboxylic acids is 1. The maximum Gasteiger partial charge on any atom is 0.238 e. The van der Waals surface area contributed by atoms with E-state index in [0.29, 0.717) is 6.54 Å². The predicted octanol–water partition coefficient (Wildman–Crippen LogP) is 3.70. The lowest BCUT2D eigenvalue weighted by atomic mass is 10.1. The molecule has 3 aromatic rings. The molecular formula is C18H18BrN3O. The van der Waals surface area contributed by atoms with Gasteiger partial charge >= 0.3 is 0 Å². The van der Waals surface area contributed by atoms with E-state index in [1.807, 2.05) is 42.6 Å². The standard InChI is InChI=1S/C18H18BrN3O/c19-14-4-3-5-15(10-14)22-18(23)12-20-9-8-13-11-21-17-7-2-1-6-16(13)17/h1-7,10-11,20-21H,8-9,12H2,(H,22,23). The number of amides is 1. The first-order valence-electron chi connectivity index (χ1n) is 7.53. The first-order valence-corrected chi connectivity index (χ1v) is 8.33. The molecule has 0 radical (unpaired) electrons. The van der Waals surface area contributed by atoms with Crippen molar-refractivity contribution in [2.75, 3.05) is 18.4 Å². The van der Waals surface area contributed by atoms with Crippen LogP contribution in [0.4, 0.5) is 5.69 Å². The van der Waals surface area contributed by atoms with E-state index in [2.05, 4.69) is 43.7 Å². The minimum atomic E-state index is -0.0398. The van der Waals surface area contributed by atoms with Gasteiger partial charge in [-0.25, -0.2) is 0 Å². The van der Waals surface area contributed by atoms with Crippen molar-refractivity contribution in [1.29, 1.82) is 0 Å². The number of para-hydroxylation sites is 1. The molecule has 0 unspecified atom stereocenters. The van der Waals surface area contributed by atoms with Crippen molar-refractivity contribution in [2.24, 2.45) is 0 Å². The molecule has 4 nitrogen and oxygen atoms in total. The van der Waals surface area contributed by atoms with Crippen molar-refractivity contribution in [3.8, 4) is 0 Å². The molecule has 1 aromatic heterocycles. The van der Waals surface area contributed by atoms with Crippen molar-refractivity contribution in [3.05, 3.63) is 64.8 Å². The van der Waals surface area contributed by atoms with Crippen LogP contribution in [0.2, 0.25) is 0 Å². The third kappa shape index (κ3) is 4.21. The van der Waals surface area contributed by atoms with E-state index >= 15 is 0 Å². The number of rotatable bonds is 6. The number of hydrogen-bond donors (Lipinski definition) is 3. The Bertz CT molecular complexity index is 813. The second kappa shape index (κ2) is 7.44. The normalized spacial score (nSPS) is 10.8. The minimum absolute atomic E-state index is 0.0398. The molecule has 0 aliphatic carbocycles. The molecule has 118 valence electrons. The highest BCUT2D eigenvalue weighted by Gasteiger charge is 2.04. The summed E-state index contributed by atoms with van der Waals surface area (Å²) in [6.45, 7) is 1.06. The number of benzene rings is 2. The fourth-order valence-corrected chi connectivity index (χ4v) is 2.93. The van der Waals surface area contributed by atoms with Gasteiger partial charge in [-0.1, -0.05) is 40.2 Å². The summed E-state index contributed by atoms with van der Waals surface area (Å²) in [7, 11) is 0. The molecule has 3 N–H and O–H groups in total. The lowest BCUT2D eigenvalue weighted by molar-refractivity contribution is -0.115. The van der Waals surface area contributed by atoms with E-state index in [4.69, 9.17) is 0 Å². The summed E-state index contributed by atoms with van der Waals surface area (Å²) < 4.78 is 0.947. The Kier molecular flexibility index (Phi) is 5.10. The van der Waals surface area contributed by atoms with Gasteiger partial charge in [-0.3, -0.25) is 4.79 Å². The molecule has 0 saturated heterocycles. The first kappa shape index (κ1) is 15.8. The number of fused-ring (bicyclic) bond motifs is 1. The SMILES string of the molecule is O=C(CNCCc1c[nH]c2ccccc12)Nc1cccc(Br)c1. The zero-order valence-corrected chi connectivity index (χ0v) is 14.2. The van der Waals surface area contributed by atoms with E-state index in [1.165, 1.54) is 10.9 Å². The number of hydrogen-bond acceptors (Lipinski definition) is 2. The Morgan fingerprint density at radius 1 is 1.13 bits per heavy atom. The van der Waals surface area contributed by atoms with Crippen molar-refractivity contribution in [2.45, 2.75) is 6.42 Å². The molecule has 2 aromatic carbocycles. The van der Waals surface area contributed by atoms with Gasteiger partial charge in [-0.05, 0) is 42.8 Å². The van der Waals surface area contributed by atoms with Crippen LogP contribution in [-0.2, 0) is 11.2 Å². The average Bonchev–Trinajstić information content (AvgIpc) is 2.95. The Morgan fingerprint density at radius 3 is 2.87 bits per heavy atom. The molecule has 0 spiro atoms. The molecule has 0 saturated carbocycles. The van der Waals surface area contributed by atoms with E-state index in [1.54, 1.807) is 0 Å². The maximum absolute atomic E-state index is 11.9. The number of carbonyl (C=O) groups is 1. The molecule has 5 heteroatoms. The summed E-state index contributed by atoms with van der Waals surface area (Å²) in [5.41, 5.74) is 3.21. The number of aromatic amines is 1. The van der Waals surface area contributed by atoms with Gasteiger partial charge in [0.1, 0.15) is 0 Å². The number of H-pyrrole nitrogens is 1. The Hall–Kier alpha value is -2.11. The number of aromatic nitrogens is 1. The van der Waals surface area contributed by atoms with Crippen LogP contribution in [0.5, 0.6) is 0 Å². The molecule has 23 heavy (non-hydrogen) atoms. The third-order valence-corrected chi connectivity index (χ3v) is 4.13. The number of halogens is 1. The summed E-state index contributed by atoms with van der Waals surface area (Å²) >= 11 is 3.39. The van der Waals surface area contributed by atoms with Gasteiger partial charge in [0.2, 0.25) is 5.91 Å². The van der Waals surface area contributed by atoms with E-state index in [9.17, 15) is 4.79 Å². The Morgan fingerprint density at radius 2 is 2.00 bits per heavy atom. The van der Waals surface area contributed by atoms with Crippen molar-refractivity contribution >= 4 is 38.4 Å². The van der Waals surface area contributed by atoms with Crippen LogP contribution in [0, 0.1) is 0 Å². The van der Waals surface area contributed by atoms with Gasteiger partial charge in [0.15, 0.2) is 0 Å². The fourth-order valence-electron chi connectivity index (χ4n) is 2.53. The first-order chi connectivity index (χ1) is 11.2. The molecule has 0 aliphatic heterocycles. The quantitative estimate of drug-likeness (QED) is 0.578. The molecular weight excluding hydrogens is 354 g/mol. The number of anilines is 1. The molecule has 0 fully saturated rings. The van der Waals surface area contributed by atoms with Crippen LogP contribution in [-0.4, -0.2) is 24.0 Å². The van der Waals surface area contributed by atoms with Crippen LogP contribution < -0.4 is 10.6 Å². The highest BCUT2D eigenvalue weighted by Crippen LogP contribution is 2.17. The highest BCUT2D eigenvalue weighted by molar-refractivity contribution is 9.10. The number of nitrogens with one attached hydrogen (secondary N) is 3. The van der Waals surface area contributed by atoms with Crippen LogP contribution in [0.3, 0.4) is 0 Å². The van der Waals surface area contributed by atoms with E-state index in [0.717, 1.165) is 28.6 Å². The molecule has 3 rings (SSSR count). The van der Waals surface area contributed by atoms with Gasteiger partial charge < -0.3 is 15.6 Å². The second-order valence-electron chi connectivity index (χ2n) is 5.34. The maximum atomic E-state index is 11.9. The Balaban J connectivity index is 1.45. The summed E-state index contributed by atoms with van der Waals surface area (Å²) in [5, 5.41) is 7.30. The van der Waals surface area contributed by atoms with Crippen LogP contribution in [0.1, 0.15) is 5.56 Å². The van der Waals surface area contributed by atoms with Gasteiger partial charge in [0, 0.05) is 27.3 Å². The summed E-state index contributed by atoms with van der Waals surface area (Å²) in [4.78, 5) is 15.2. The predicted molar refractivity (Wildman–Crippen MR) is 97.6 cm³/mol. The monoisotopic (exact) mass is 371 g/mol. The highest BCUT2D eigenvalue weighted by atomic mass is 79.9. The third-order valence-electron chi connectivity index (χ3n) is 3.64. The zero-order chi connectivity index (χ0) is 16.1. The summed E-state index contributed by atoms with van der Waals surface area (Å²) in [6, 6.07) is 15.8. The van der Waals surface area contributed by atoms with Crippen molar-refractivity contribution in [3.63, 3.8) is 0 Å². The van der Waals surface area contributed by atoms with Crippen molar-refractivity contribution < 1.29 is 4.79 Å². The van der Waals surface area contributed by atoms with Gasteiger partial charge in [0.05, 0.1) is 6.54 Å². The second-order valence-corrected chi connectivity index (χ2v) is 6.26. The van der Waals surface area contributed by atoms with Gasteiger partial charge in [0.25, 0.3) is 0 Å². The van der Waals surface area contributed by atoms with Gasteiger partial charge in [-0.15, -0.1) is 0 Å². The zero-order valence-electron chi connectivity index (χ0n) is 12.6. The summed E-state index contributed by atoms with van der Waals surface area (Å²) in [5.74, 6) is -0.0398. The molecule has 0 aliphatic rings. The largest absolute Gasteiger partial charge is 0.361 e.